The maximum Gasteiger partial charge on any atom is 0.387 e. The highest BCUT2D eigenvalue weighted by molar-refractivity contribution is 5.79. The molecule has 0 bridgehead atoms. The summed E-state index contributed by atoms with van der Waals surface area (Å²) in [5, 5.41) is 11.5. The number of hydrogen-bond acceptors (Lipinski definition) is 4. The summed E-state index contributed by atoms with van der Waals surface area (Å²) in [5.41, 5.74) is 0.717. The Balaban J connectivity index is 2.47. The van der Waals surface area contributed by atoms with Crippen LogP contribution in [0.2, 0.25) is 0 Å². The molecule has 8 heteroatoms. The minimum absolute atomic E-state index is 0.0312. The number of benzene rings is 1. The molecule has 0 saturated heterocycles. The smallest absolute Gasteiger partial charge is 0.387 e. The second kappa shape index (κ2) is 9.04. The largest absolute Gasteiger partial charge is 0.480 e. The molecule has 2 N–H and O–H groups in total. The van der Waals surface area contributed by atoms with Gasteiger partial charge in [0.2, 0.25) is 5.91 Å². The fraction of sp³-hybridized carbons (Fsp3) is 0.467. The lowest BCUT2D eigenvalue weighted by atomic mass is 10.2. The van der Waals surface area contributed by atoms with E-state index >= 15 is 0 Å². The number of carbonyl (C=O) groups is 2. The molecule has 0 fully saturated rings. The molecule has 0 aliphatic heterocycles. The molecule has 0 aromatic heterocycles. The summed E-state index contributed by atoms with van der Waals surface area (Å²) < 4.78 is 28.3. The standard InChI is InChI=1S/C15H20F2N2O4/c1-10(2)19(9-14(21)22)8-13(20)18-7-11-3-5-12(6-4-11)23-15(16)17/h3-6,10,15H,7-9H2,1-2H3,(H,18,20)(H,21,22). The quantitative estimate of drug-likeness (QED) is 0.720. The number of hydrogen-bond donors (Lipinski definition) is 2. The van der Waals surface area contributed by atoms with Gasteiger partial charge in [-0.15, -0.1) is 0 Å². The predicted octanol–water partition coefficient (Wildman–Crippen LogP) is 1.70. The van der Waals surface area contributed by atoms with E-state index in [1.807, 2.05) is 0 Å². The third-order valence-electron chi connectivity index (χ3n) is 3.05. The van der Waals surface area contributed by atoms with E-state index in [4.69, 9.17) is 5.11 Å². The van der Waals surface area contributed by atoms with E-state index < -0.39 is 12.6 Å². The summed E-state index contributed by atoms with van der Waals surface area (Å²) in [7, 11) is 0. The molecule has 0 heterocycles. The number of alkyl halides is 2. The third kappa shape index (κ3) is 7.55. The van der Waals surface area contributed by atoms with E-state index in [1.165, 1.54) is 17.0 Å². The zero-order valence-electron chi connectivity index (χ0n) is 13.0. The zero-order chi connectivity index (χ0) is 17.4. The Morgan fingerprint density at radius 1 is 1.22 bits per heavy atom. The van der Waals surface area contributed by atoms with Crippen LogP contribution in [0.15, 0.2) is 24.3 Å². The van der Waals surface area contributed by atoms with Crippen LogP contribution >= 0.6 is 0 Å². The van der Waals surface area contributed by atoms with Crippen LogP contribution < -0.4 is 10.1 Å². The first-order valence-corrected chi connectivity index (χ1v) is 7.04. The minimum Gasteiger partial charge on any atom is -0.480 e. The topological polar surface area (TPSA) is 78.9 Å². The number of aliphatic carboxylic acids is 1. The van der Waals surface area contributed by atoms with Crippen LogP contribution in [0.4, 0.5) is 8.78 Å². The number of ether oxygens (including phenoxy) is 1. The van der Waals surface area contributed by atoms with Crippen LogP contribution in [-0.2, 0) is 16.1 Å². The second-order valence-electron chi connectivity index (χ2n) is 5.19. The van der Waals surface area contributed by atoms with E-state index in [9.17, 15) is 18.4 Å². The maximum atomic E-state index is 12.0. The van der Waals surface area contributed by atoms with Gasteiger partial charge in [0.25, 0.3) is 0 Å². The predicted molar refractivity (Wildman–Crippen MR) is 79.3 cm³/mol. The number of carboxylic acids is 1. The van der Waals surface area contributed by atoms with Crippen LogP contribution in [0.5, 0.6) is 5.75 Å². The summed E-state index contributed by atoms with van der Waals surface area (Å²) in [6.07, 6.45) is 0. The highest BCUT2D eigenvalue weighted by Crippen LogP contribution is 2.14. The molecular formula is C15H20F2N2O4. The number of nitrogens with one attached hydrogen (secondary N) is 1. The monoisotopic (exact) mass is 330 g/mol. The van der Waals surface area contributed by atoms with Crippen LogP contribution in [0.3, 0.4) is 0 Å². The number of nitrogens with zero attached hydrogens (tertiary/aromatic N) is 1. The molecule has 0 aliphatic rings. The molecule has 0 atom stereocenters. The maximum absolute atomic E-state index is 12.0. The zero-order valence-corrected chi connectivity index (χ0v) is 13.0. The van der Waals surface area contributed by atoms with Crippen molar-refractivity contribution in [3.05, 3.63) is 29.8 Å². The Morgan fingerprint density at radius 3 is 2.30 bits per heavy atom. The van der Waals surface area contributed by atoms with Gasteiger partial charge in [-0.3, -0.25) is 14.5 Å². The van der Waals surface area contributed by atoms with Gasteiger partial charge in [-0.25, -0.2) is 0 Å². The molecule has 0 spiro atoms. The molecule has 1 aromatic carbocycles. The van der Waals surface area contributed by atoms with Crippen molar-refractivity contribution >= 4 is 11.9 Å². The van der Waals surface area contributed by atoms with E-state index in [0.29, 0.717) is 5.56 Å². The fourth-order valence-corrected chi connectivity index (χ4v) is 1.82. The van der Waals surface area contributed by atoms with Gasteiger partial charge < -0.3 is 15.2 Å². The lowest BCUT2D eigenvalue weighted by Crippen LogP contribution is -2.43. The summed E-state index contributed by atoms with van der Waals surface area (Å²) in [6.45, 7) is 0.695. The third-order valence-corrected chi connectivity index (χ3v) is 3.05. The molecule has 0 aliphatic carbocycles. The van der Waals surface area contributed by atoms with Gasteiger partial charge in [0.15, 0.2) is 0 Å². The SMILES string of the molecule is CC(C)N(CC(=O)O)CC(=O)NCc1ccc(OC(F)F)cc1. The van der Waals surface area contributed by atoms with Gasteiger partial charge in [0.05, 0.1) is 13.1 Å². The van der Waals surface area contributed by atoms with Crippen LogP contribution in [-0.4, -0.2) is 47.6 Å². The average molecular weight is 330 g/mol. The molecule has 6 nitrogen and oxygen atoms in total. The van der Waals surface area contributed by atoms with Gasteiger partial charge in [0.1, 0.15) is 5.75 Å². The molecule has 0 unspecified atom stereocenters. The van der Waals surface area contributed by atoms with Crippen molar-refractivity contribution in [2.24, 2.45) is 0 Å². The van der Waals surface area contributed by atoms with Crippen molar-refractivity contribution in [1.82, 2.24) is 10.2 Å². The average Bonchev–Trinajstić information content (AvgIpc) is 2.44. The first kappa shape index (κ1) is 18.8. The first-order chi connectivity index (χ1) is 10.8. The Labute approximate surface area is 133 Å². The summed E-state index contributed by atoms with van der Waals surface area (Å²) in [4.78, 5) is 24.1. The highest BCUT2D eigenvalue weighted by atomic mass is 19.3. The van der Waals surface area contributed by atoms with Crippen LogP contribution in [0, 0.1) is 0 Å². The molecule has 0 radical (unpaired) electrons. The Bertz CT molecular complexity index is 521. The minimum atomic E-state index is -2.88. The van der Waals surface area contributed by atoms with Crippen molar-refractivity contribution in [3.8, 4) is 5.75 Å². The number of halogens is 2. The van der Waals surface area contributed by atoms with Gasteiger partial charge in [-0.1, -0.05) is 12.1 Å². The van der Waals surface area contributed by atoms with E-state index in [2.05, 4.69) is 10.1 Å². The van der Waals surface area contributed by atoms with Crippen molar-refractivity contribution in [1.29, 1.82) is 0 Å². The summed E-state index contributed by atoms with van der Waals surface area (Å²) in [6, 6.07) is 5.82. The van der Waals surface area contributed by atoms with Crippen molar-refractivity contribution in [2.75, 3.05) is 13.1 Å². The molecule has 1 aromatic rings. The van der Waals surface area contributed by atoms with Crippen molar-refractivity contribution < 1.29 is 28.2 Å². The normalized spacial score (nSPS) is 11.1. The van der Waals surface area contributed by atoms with Crippen LogP contribution in [0.1, 0.15) is 19.4 Å². The van der Waals surface area contributed by atoms with Crippen LogP contribution in [0.25, 0.3) is 0 Å². The highest BCUT2D eigenvalue weighted by Gasteiger charge is 2.16. The molecule has 0 saturated carbocycles. The molecule has 128 valence electrons. The number of carboxylic acid groups (broad SMARTS) is 1. The molecular weight excluding hydrogens is 310 g/mol. The second-order valence-corrected chi connectivity index (χ2v) is 5.19. The van der Waals surface area contributed by atoms with E-state index in [0.717, 1.165) is 0 Å². The van der Waals surface area contributed by atoms with E-state index in [1.54, 1.807) is 26.0 Å². The molecule has 23 heavy (non-hydrogen) atoms. The lowest BCUT2D eigenvalue weighted by molar-refractivity contribution is -0.139. The number of amides is 1. The van der Waals surface area contributed by atoms with Crippen molar-refractivity contribution in [3.63, 3.8) is 0 Å². The lowest BCUT2D eigenvalue weighted by Gasteiger charge is -2.23. The molecule has 1 amide bonds. The fourth-order valence-electron chi connectivity index (χ4n) is 1.82. The van der Waals surface area contributed by atoms with Gasteiger partial charge in [-0.2, -0.15) is 8.78 Å². The van der Waals surface area contributed by atoms with Gasteiger partial charge in [0, 0.05) is 12.6 Å². The Kier molecular flexibility index (Phi) is 7.40. The van der Waals surface area contributed by atoms with E-state index in [-0.39, 0.29) is 37.3 Å². The van der Waals surface area contributed by atoms with Gasteiger partial charge in [-0.05, 0) is 31.5 Å². The summed E-state index contributed by atoms with van der Waals surface area (Å²) in [5.74, 6) is -1.27. The van der Waals surface area contributed by atoms with Crippen molar-refractivity contribution in [2.45, 2.75) is 33.0 Å². The first-order valence-electron chi connectivity index (χ1n) is 7.04. The molecule has 1 rings (SSSR count). The number of carbonyl (C=O) groups excluding carboxylic acids is 1. The number of rotatable bonds is 9. The Hall–Kier alpha value is -2.22. The Morgan fingerprint density at radius 2 is 1.83 bits per heavy atom. The summed E-state index contributed by atoms with van der Waals surface area (Å²) >= 11 is 0. The van der Waals surface area contributed by atoms with Gasteiger partial charge >= 0.3 is 12.6 Å².